The Hall–Kier alpha value is -2.64. The van der Waals surface area contributed by atoms with E-state index in [4.69, 9.17) is 5.73 Å². The van der Waals surface area contributed by atoms with Gasteiger partial charge >= 0.3 is 5.97 Å². The van der Waals surface area contributed by atoms with E-state index >= 15 is 0 Å². The number of fused-ring (bicyclic) bond motifs is 1. The number of nitrogens with zero attached hydrogens (tertiary/aromatic N) is 4. The van der Waals surface area contributed by atoms with Crippen molar-refractivity contribution in [3.8, 4) is 0 Å². The molecule has 0 aliphatic carbocycles. The summed E-state index contributed by atoms with van der Waals surface area (Å²) < 4.78 is 1.57. The van der Waals surface area contributed by atoms with Crippen LogP contribution in [0.2, 0.25) is 0 Å². The standard InChI is InChI=1S/C13H15N5O3/c1-17-12-7(6-16-17)10(8(5-15-12)13(20)21)18-4-2-3-9(18)11(14)19/h5-6,9H,2-4H2,1H3,(H2,14,19)(H,20,21). The summed E-state index contributed by atoms with van der Waals surface area (Å²) in [5, 5.41) is 14.1. The van der Waals surface area contributed by atoms with Crippen LogP contribution >= 0.6 is 0 Å². The maximum absolute atomic E-state index is 11.6. The van der Waals surface area contributed by atoms with Crippen LogP contribution in [0.4, 0.5) is 5.69 Å². The van der Waals surface area contributed by atoms with Crippen LogP contribution in [0.5, 0.6) is 0 Å². The summed E-state index contributed by atoms with van der Waals surface area (Å²) in [5.41, 5.74) is 6.54. The zero-order chi connectivity index (χ0) is 15.1. The molecule has 1 fully saturated rings. The third-order valence-electron chi connectivity index (χ3n) is 3.83. The van der Waals surface area contributed by atoms with Crippen LogP contribution in [0, 0.1) is 0 Å². The number of carbonyl (C=O) groups is 2. The lowest BCUT2D eigenvalue weighted by atomic mass is 10.1. The number of carboxylic acids is 1. The highest BCUT2D eigenvalue weighted by molar-refractivity contribution is 6.05. The van der Waals surface area contributed by atoms with E-state index in [1.165, 1.54) is 6.20 Å². The van der Waals surface area contributed by atoms with Gasteiger partial charge in [0.25, 0.3) is 0 Å². The molecule has 1 aliphatic heterocycles. The maximum Gasteiger partial charge on any atom is 0.339 e. The molecule has 3 rings (SSSR count). The van der Waals surface area contributed by atoms with Gasteiger partial charge in [0.1, 0.15) is 11.6 Å². The lowest BCUT2D eigenvalue weighted by molar-refractivity contribution is -0.119. The summed E-state index contributed by atoms with van der Waals surface area (Å²) in [5.74, 6) is -1.53. The highest BCUT2D eigenvalue weighted by Gasteiger charge is 2.33. The molecule has 0 bridgehead atoms. The molecular formula is C13H15N5O3. The van der Waals surface area contributed by atoms with Gasteiger partial charge in [-0.15, -0.1) is 0 Å². The fraction of sp³-hybridized carbons (Fsp3) is 0.385. The second-order valence-electron chi connectivity index (χ2n) is 5.08. The first-order valence-electron chi connectivity index (χ1n) is 6.60. The molecule has 1 aliphatic rings. The van der Waals surface area contributed by atoms with Crippen molar-refractivity contribution in [2.75, 3.05) is 11.4 Å². The number of aromatic carboxylic acids is 1. The smallest absolute Gasteiger partial charge is 0.339 e. The van der Waals surface area contributed by atoms with Crippen molar-refractivity contribution in [1.29, 1.82) is 0 Å². The first-order chi connectivity index (χ1) is 10.0. The average molecular weight is 289 g/mol. The van der Waals surface area contributed by atoms with E-state index in [2.05, 4.69) is 10.1 Å². The SMILES string of the molecule is Cn1ncc2c(N3CCCC3C(N)=O)c(C(=O)O)cnc21. The number of hydrogen-bond acceptors (Lipinski definition) is 5. The number of anilines is 1. The number of amides is 1. The Bertz CT molecular complexity index is 739. The van der Waals surface area contributed by atoms with Crippen LogP contribution < -0.4 is 10.6 Å². The minimum Gasteiger partial charge on any atom is -0.478 e. The van der Waals surface area contributed by atoms with Crippen LogP contribution in [0.1, 0.15) is 23.2 Å². The number of pyridine rings is 1. The van der Waals surface area contributed by atoms with E-state index in [1.807, 2.05) is 0 Å². The molecule has 1 unspecified atom stereocenters. The topological polar surface area (TPSA) is 114 Å². The molecule has 8 nitrogen and oxygen atoms in total. The summed E-state index contributed by atoms with van der Waals surface area (Å²) in [6.07, 6.45) is 4.29. The minimum atomic E-state index is -1.08. The molecule has 110 valence electrons. The summed E-state index contributed by atoms with van der Waals surface area (Å²) in [4.78, 5) is 29.0. The Morgan fingerprint density at radius 1 is 1.43 bits per heavy atom. The first-order valence-corrected chi connectivity index (χ1v) is 6.60. The van der Waals surface area contributed by atoms with Crippen molar-refractivity contribution in [1.82, 2.24) is 14.8 Å². The average Bonchev–Trinajstić information content (AvgIpc) is 3.05. The maximum atomic E-state index is 11.6. The molecule has 0 radical (unpaired) electrons. The monoisotopic (exact) mass is 289 g/mol. The Kier molecular flexibility index (Phi) is 3.00. The highest BCUT2D eigenvalue weighted by atomic mass is 16.4. The summed E-state index contributed by atoms with van der Waals surface area (Å²) in [6.45, 7) is 0.585. The molecular weight excluding hydrogens is 274 g/mol. The van der Waals surface area contributed by atoms with Crippen LogP contribution in [0.25, 0.3) is 11.0 Å². The first kappa shape index (κ1) is 13.3. The van der Waals surface area contributed by atoms with Gasteiger partial charge in [-0.1, -0.05) is 0 Å². The molecule has 3 N–H and O–H groups in total. The number of nitrogens with two attached hydrogens (primary N) is 1. The lowest BCUT2D eigenvalue weighted by Crippen LogP contribution is -2.41. The van der Waals surface area contributed by atoms with E-state index in [0.717, 1.165) is 6.42 Å². The number of aryl methyl sites for hydroxylation is 1. The number of carbonyl (C=O) groups excluding carboxylic acids is 1. The second kappa shape index (κ2) is 4.72. The van der Waals surface area contributed by atoms with E-state index in [-0.39, 0.29) is 5.56 Å². The minimum absolute atomic E-state index is 0.0589. The van der Waals surface area contributed by atoms with Crippen molar-refractivity contribution in [2.45, 2.75) is 18.9 Å². The van der Waals surface area contributed by atoms with Gasteiger partial charge in [0, 0.05) is 19.8 Å². The van der Waals surface area contributed by atoms with Gasteiger partial charge < -0.3 is 15.7 Å². The molecule has 0 spiro atoms. The van der Waals surface area contributed by atoms with E-state index in [1.54, 1.807) is 22.8 Å². The molecule has 3 heterocycles. The number of aromatic nitrogens is 3. The van der Waals surface area contributed by atoms with Gasteiger partial charge in [-0.3, -0.25) is 9.48 Å². The Morgan fingerprint density at radius 3 is 2.86 bits per heavy atom. The predicted molar refractivity (Wildman–Crippen MR) is 75.0 cm³/mol. The molecule has 1 amide bonds. The zero-order valence-corrected chi connectivity index (χ0v) is 11.5. The predicted octanol–water partition coefficient (Wildman–Crippen LogP) is 0.121. The Morgan fingerprint density at radius 2 is 2.19 bits per heavy atom. The van der Waals surface area contributed by atoms with Crippen LogP contribution in [-0.2, 0) is 11.8 Å². The number of rotatable bonds is 3. The van der Waals surface area contributed by atoms with Gasteiger partial charge in [-0.05, 0) is 12.8 Å². The lowest BCUT2D eigenvalue weighted by Gasteiger charge is -2.26. The molecule has 2 aromatic heterocycles. The van der Waals surface area contributed by atoms with Crippen molar-refractivity contribution >= 4 is 28.6 Å². The fourth-order valence-corrected chi connectivity index (χ4v) is 2.88. The summed E-state index contributed by atoms with van der Waals surface area (Å²) in [7, 11) is 1.73. The largest absolute Gasteiger partial charge is 0.478 e. The van der Waals surface area contributed by atoms with Gasteiger partial charge in [0.05, 0.1) is 17.3 Å². The molecule has 21 heavy (non-hydrogen) atoms. The normalized spacial score (nSPS) is 18.3. The molecule has 0 saturated carbocycles. The number of carboxylic acid groups (broad SMARTS) is 1. The molecule has 1 atom stereocenters. The van der Waals surface area contributed by atoms with Gasteiger partial charge in [-0.25, -0.2) is 9.78 Å². The third-order valence-corrected chi connectivity index (χ3v) is 3.83. The fourth-order valence-electron chi connectivity index (χ4n) is 2.88. The number of primary amides is 1. The quantitative estimate of drug-likeness (QED) is 0.829. The summed E-state index contributed by atoms with van der Waals surface area (Å²) >= 11 is 0. The van der Waals surface area contributed by atoms with E-state index in [9.17, 15) is 14.7 Å². The van der Waals surface area contributed by atoms with Gasteiger partial charge in [0.15, 0.2) is 5.65 Å². The highest BCUT2D eigenvalue weighted by Crippen LogP contribution is 2.34. The zero-order valence-electron chi connectivity index (χ0n) is 11.5. The van der Waals surface area contributed by atoms with Crippen LogP contribution in [0.15, 0.2) is 12.4 Å². The van der Waals surface area contributed by atoms with Crippen molar-refractivity contribution in [2.24, 2.45) is 12.8 Å². The molecule has 0 aromatic carbocycles. The van der Waals surface area contributed by atoms with Crippen molar-refractivity contribution < 1.29 is 14.7 Å². The van der Waals surface area contributed by atoms with E-state index < -0.39 is 17.9 Å². The molecule has 1 saturated heterocycles. The van der Waals surface area contributed by atoms with Crippen LogP contribution in [-0.4, -0.2) is 44.3 Å². The molecule has 8 heteroatoms. The van der Waals surface area contributed by atoms with Gasteiger partial charge in [-0.2, -0.15) is 5.10 Å². The third kappa shape index (κ3) is 1.99. The van der Waals surface area contributed by atoms with E-state index in [0.29, 0.717) is 29.7 Å². The van der Waals surface area contributed by atoms with Gasteiger partial charge in [0.2, 0.25) is 5.91 Å². The van der Waals surface area contributed by atoms with Crippen molar-refractivity contribution in [3.05, 3.63) is 18.0 Å². The Balaban J connectivity index is 2.25. The summed E-state index contributed by atoms with van der Waals surface area (Å²) in [6, 6.07) is -0.492. The Labute approximate surface area is 120 Å². The molecule has 2 aromatic rings. The number of hydrogen-bond donors (Lipinski definition) is 2. The van der Waals surface area contributed by atoms with Crippen LogP contribution in [0.3, 0.4) is 0 Å². The van der Waals surface area contributed by atoms with Crippen molar-refractivity contribution in [3.63, 3.8) is 0 Å². The second-order valence-corrected chi connectivity index (χ2v) is 5.08.